The predicted octanol–water partition coefficient (Wildman–Crippen LogP) is 1.76. The van der Waals surface area contributed by atoms with E-state index >= 15 is 0 Å². The van der Waals surface area contributed by atoms with Gasteiger partial charge < -0.3 is 30.0 Å². The maximum absolute atomic E-state index is 12.5. The van der Waals surface area contributed by atoms with Crippen molar-refractivity contribution in [3.05, 3.63) is 59.7 Å². The van der Waals surface area contributed by atoms with E-state index in [-0.39, 0.29) is 25.7 Å². The third-order valence-electron chi connectivity index (χ3n) is 5.23. The molecule has 3 rings (SSSR count). The SMILES string of the molecule is COCC(NC(=O)OCC1c2ccccc2-c2ccccc21)C(=O)N[C@@H](COC)C(=O)O. The van der Waals surface area contributed by atoms with Gasteiger partial charge in [-0.2, -0.15) is 0 Å². The molecule has 0 bridgehead atoms. The Kier molecular flexibility index (Phi) is 7.80. The van der Waals surface area contributed by atoms with Gasteiger partial charge in [0, 0.05) is 20.1 Å². The smallest absolute Gasteiger partial charge is 0.407 e. The molecule has 32 heavy (non-hydrogen) atoms. The van der Waals surface area contributed by atoms with Crippen molar-refractivity contribution in [3.8, 4) is 11.1 Å². The molecule has 9 heteroatoms. The molecule has 2 amide bonds. The molecule has 1 unspecified atom stereocenters. The number of hydrogen-bond donors (Lipinski definition) is 3. The Labute approximate surface area is 185 Å². The lowest BCUT2D eigenvalue weighted by atomic mass is 9.98. The monoisotopic (exact) mass is 442 g/mol. The van der Waals surface area contributed by atoms with E-state index in [1.807, 2.05) is 48.5 Å². The zero-order valence-electron chi connectivity index (χ0n) is 17.9. The van der Waals surface area contributed by atoms with Gasteiger partial charge in [-0.05, 0) is 22.3 Å². The number of carbonyl (C=O) groups excluding carboxylic acids is 2. The van der Waals surface area contributed by atoms with Crippen molar-refractivity contribution in [1.82, 2.24) is 10.6 Å². The van der Waals surface area contributed by atoms with Crippen LogP contribution in [0, 0.1) is 0 Å². The van der Waals surface area contributed by atoms with Gasteiger partial charge in [0.15, 0.2) is 6.04 Å². The zero-order chi connectivity index (χ0) is 23.1. The highest BCUT2D eigenvalue weighted by molar-refractivity contribution is 5.89. The minimum Gasteiger partial charge on any atom is -0.480 e. The van der Waals surface area contributed by atoms with Gasteiger partial charge in [0.25, 0.3) is 0 Å². The van der Waals surface area contributed by atoms with Gasteiger partial charge in [-0.1, -0.05) is 48.5 Å². The maximum Gasteiger partial charge on any atom is 0.407 e. The van der Waals surface area contributed by atoms with Crippen molar-refractivity contribution >= 4 is 18.0 Å². The van der Waals surface area contributed by atoms with Gasteiger partial charge in [0.05, 0.1) is 13.2 Å². The van der Waals surface area contributed by atoms with Crippen LogP contribution in [-0.4, -0.2) is 69.2 Å². The lowest BCUT2D eigenvalue weighted by molar-refractivity contribution is -0.143. The zero-order valence-corrected chi connectivity index (χ0v) is 17.9. The number of rotatable bonds is 10. The largest absolute Gasteiger partial charge is 0.480 e. The van der Waals surface area contributed by atoms with Gasteiger partial charge in [0.2, 0.25) is 5.91 Å². The summed E-state index contributed by atoms with van der Waals surface area (Å²) in [5, 5.41) is 13.9. The summed E-state index contributed by atoms with van der Waals surface area (Å²) in [7, 11) is 2.69. The molecule has 0 aromatic heterocycles. The maximum atomic E-state index is 12.5. The van der Waals surface area contributed by atoms with Gasteiger partial charge in [-0.3, -0.25) is 4.79 Å². The van der Waals surface area contributed by atoms with E-state index in [4.69, 9.17) is 14.2 Å². The minimum atomic E-state index is -1.25. The van der Waals surface area contributed by atoms with E-state index in [9.17, 15) is 19.5 Å². The molecule has 2 aromatic carbocycles. The van der Waals surface area contributed by atoms with E-state index < -0.39 is 30.1 Å². The Bertz CT molecular complexity index is 933. The van der Waals surface area contributed by atoms with Crippen LogP contribution in [-0.2, 0) is 23.8 Å². The fraction of sp³-hybridized carbons (Fsp3) is 0.348. The molecule has 0 spiro atoms. The van der Waals surface area contributed by atoms with Crippen molar-refractivity contribution < 1.29 is 33.7 Å². The molecular formula is C23H26N2O7. The lowest BCUT2D eigenvalue weighted by Gasteiger charge is -2.21. The first-order valence-corrected chi connectivity index (χ1v) is 10.1. The highest BCUT2D eigenvalue weighted by Crippen LogP contribution is 2.44. The number of fused-ring (bicyclic) bond motifs is 3. The summed E-state index contributed by atoms with van der Waals surface area (Å²) in [6, 6.07) is 13.5. The van der Waals surface area contributed by atoms with Gasteiger partial charge in [-0.15, -0.1) is 0 Å². The summed E-state index contributed by atoms with van der Waals surface area (Å²) >= 11 is 0. The second-order valence-electron chi connectivity index (χ2n) is 7.33. The highest BCUT2D eigenvalue weighted by atomic mass is 16.5. The van der Waals surface area contributed by atoms with Gasteiger partial charge in [0.1, 0.15) is 12.6 Å². The molecule has 9 nitrogen and oxygen atoms in total. The number of amides is 2. The summed E-state index contributed by atoms with van der Waals surface area (Å²) in [5.74, 6) is -2.09. The number of methoxy groups -OCH3 is 2. The molecule has 0 heterocycles. The first-order chi connectivity index (χ1) is 15.5. The quantitative estimate of drug-likeness (QED) is 0.512. The average Bonchev–Trinajstić information content (AvgIpc) is 3.10. The molecule has 1 aliphatic carbocycles. The average molecular weight is 442 g/mol. The molecule has 0 saturated carbocycles. The number of carbonyl (C=O) groups is 3. The van der Waals surface area contributed by atoms with Crippen molar-refractivity contribution in [3.63, 3.8) is 0 Å². The first-order valence-electron chi connectivity index (χ1n) is 10.1. The standard InChI is InChI=1S/C23H26N2O7/c1-30-12-19(21(26)24-20(13-31-2)22(27)28)25-23(29)32-11-18-16-9-5-3-7-14(16)15-8-4-6-10-17(15)18/h3-10,18-20H,11-13H2,1-2H3,(H,24,26)(H,25,29)(H,27,28)/t19?,20-/m0/s1. The summed E-state index contributed by atoms with van der Waals surface area (Å²) in [6.07, 6.45) is -0.803. The summed E-state index contributed by atoms with van der Waals surface area (Å²) in [6.45, 7) is -0.288. The second kappa shape index (κ2) is 10.7. The van der Waals surface area contributed by atoms with Crippen LogP contribution >= 0.6 is 0 Å². The van der Waals surface area contributed by atoms with Crippen molar-refractivity contribution in [1.29, 1.82) is 0 Å². The van der Waals surface area contributed by atoms with Crippen LogP contribution in [0.15, 0.2) is 48.5 Å². The molecule has 0 fully saturated rings. The number of nitrogens with one attached hydrogen (secondary N) is 2. The van der Waals surface area contributed by atoms with Crippen LogP contribution in [0.3, 0.4) is 0 Å². The third-order valence-corrected chi connectivity index (χ3v) is 5.23. The van der Waals surface area contributed by atoms with E-state index in [0.717, 1.165) is 22.3 Å². The molecule has 0 saturated heterocycles. The molecule has 0 radical (unpaired) electrons. The van der Waals surface area contributed by atoms with Crippen LogP contribution in [0.4, 0.5) is 4.79 Å². The van der Waals surface area contributed by atoms with Crippen molar-refractivity contribution in [2.75, 3.05) is 34.0 Å². The van der Waals surface area contributed by atoms with E-state index in [1.54, 1.807) is 0 Å². The van der Waals surface area contributed by atoms with E-state index in [2.05, 4.69) is 10.6 Å². The first kappa shape index (κ1) is 23.2. The van der Waals surface area contributed by atoms with Gasteiger partial charge in [-0.25, -0.2) is 9.59 Å². The number of ether oxygens (including phenoxy) is 3. The molecule has 0 aliphatic heterocycles. The predicted molar refractivity (Wildman–Crippen MR) is 115 cm³/mol. The molecular weight excluding hydrogens is 416 g/mol. The minimum absolute atomic E-state index is 0.0859. The second-order valence-corrected chi connectivity index (χ2v) is 7.33. The van der Waals surface area contributed by atoms with Gasteiger partial charge >= 0.3 is 12.1 Å². The van der Waals surface area contributed by atoms with Crippen molar-refractivity contribution in [2.24, 2.45) is 0 Å². The molecule has 170 valence electrons. The Morgan fingerprint density at radius 1 is 0.875 bits per heavy atom. The van der Waals surface area contributed by atoms with Crippen molar-refractivity contribution in [2.45, 2.75) is 18.0 Å². The number of hydrogen-bond acceptors (Lipinski definition) is 6. The Balaban J connectivity index is 1.64. The van der Waals surface area contributed by atoms with Crippen LogP contribution in [0.5, 0.6) is 0 Å². The van der Waals surface area contributed by atoms with Crippen LogP contribution in [0.2, 0.25) is 0 Å². The summed E-state index contributed by atoms with van der Waals surface area (Å²) in [4.78, 5) is 36.2. The van der Waals surface area contributed by atoms with E-state index in [0.29, 0.717) is 0 Å². The molecule has 3 N–H and O–H groups in total. The normalized spacial score (nSPS) is 14.1. The number of carboxylic acid groups (broad SMARTS) is 1. The summed E-state index contributed by atoms with van der Waals surface area (Å²) in [5.41, 5.74) is 4.34. The Morgan fingerprint density at radius 2 is 1.41 bits per heavy atom. The van der Waals surface area contributed by atoms with Crippen LogP contribution in [0.1, 0.15) is 17.0 Å². The topological polar surface area (TPSA) is 123 Å². The Morgan fingerprint density at radius 3 is 1.94 bits per heavy atom. The van der Waals surface area contributed by atoms with E-state index in [1.165, 1.54) is 14.2 Å². The fourth-order valence-electron chi connectivity index (χ4n) is 3.75. The molecule has 1 aliphatic rings. The fourth-order valence-corrected chi connectivity index (χ4v) is 3.75. The lowest BCUT2D eigenvalue weighted by Crippen LogP contribution is -2.54. The number of carboxylic acids is 1. The number of aliphatic carboxylic acids is 1. The van der Waals surface area contributed by atoms with Crippen LogP contribution in [0.25, 0.3) is 11.1 Å². The Hall–Kier alpha value is -3.43. The summed E-state index contributed by atoms with van der Waals surface area (Å²) < 4.78 is 15.2. The number of benzene rings is 2. The third kappa shape index (κ3) is 5.24. The molecule has 2 aromatic rings. The molecule has 2 atom stereocenters. The number of alkyl carbamates (subject to hydrolysis) is 1. The highest BCUT2D eigenvalue weighted by Gasteiger charge is 2.30. The van der Waals surface area contributed by atoms with Crippen LogP contribution < -0.4 is 10.6 Å².